The lowest BCUT2D eigenvalue weighted by Crippen LogP contribution is -2.20. The average Bonchev–Trinajstić information content (AvgIpc) is 2.49. The maximum atomic E-state index is 10.7. The van der Waals surface area contributed by atoms with Gasteiger partial charge < -0.3 is 5.32 Å². The first-order valence-corrected chi connectivity index (χ1v) is 7.10. The quantitative estimate of drug-likeness (QED) is 0.675. The number of hydrogen-bond donors (Lipinski definition) is 1. The first-order chi connectivity index (χ1) is 10.2. The van der Waals surface area contributed by atoms with Crippen LogP contribution in [0, 0.1) is 11.8 Å². The van der Waals surface area contributed by atoms with Crippen LogP contribution in [0.4, 0.5) is 0 Å². The Morgan fingerprint density at radius 3 is 2.33 bits per heavy atom. The summed E-state index contributed by atoms with van der Waals surface area (Å²) < 4.78 is 0. The average molecular weight is 277 g/mol. The zero-order valence-corrected chi connectivity index (χ0v) is 12.2. The first kappa shape index (κ1) is 14.9. The highest BCUT2D eigenvalue weighted by Gasteiger charge is 1.95. The van der Waals surface area contributed by atoms with Crippen LogP contribution < -0.4 is 5.32 Å². The predicted molar refractivity (Wildman–Crippen MR) is 85.9 cm³/mol. The molecule has 106 valence electrons. The predicted octanol–water partition coefficient (Wildman–Crippen LogP) is 3.16. The van der Waals surface area contributed by atoms with Crippen molar-refractivity contribution in [1.29, 1.82) is 0 Å². The van der Waals surface area contributed by atoms with Crippen LogP contribution in [-0.4, -0.2) is 12.5 Å². The third-order valence-electron chi connectivity index (χ3n) is 3.06. The van der Waals surface area contributed by atoms with E-state index >= 15 is 0 Å². The van der Waals surface area contributed by atoms with Crippen LogP contribution in [0.1, 0.15) is 30.0 Å². The Morgan fingerprint density at radius 2 is 1.67 bits per heavy atom. The van der Waals surface area contributed by atoms with Crippen LogP contribution in [0.15, 0.2) is 54.6 Å². The van der Waals surface area contributed by atoms with Gasteiger partial charge in [0.25, 0.3) is 0 Å². The molecule has 0 spiro atoms. The highest BCUT2D eigenvalue weighted by molar-refractivity contribution is 5.72. The molecular formula is C19H19NO. The van der Waals surface area contributed by atoms with Gasteiger partial charge in [-0.3, -0.25) is 4.79 Å². The summed E-state index contributed by atoms with van der Waals surface area (Å²) in [6.45, 7) is 2.12. The summed E-state index contributed by atoms with van der Waals surface area (Å²) in [6, 6.07) is 18.7. The van der Waals surface area contributed by atoms with E-state index in [1.807, 2.05) is 18.2 Å². The van der Waals surface area contributed by atoms with E-state index in [0.29, 0.717) is 13.0 Å². The molecule has 21 heavy (non-hydrogen) atoms. The van der Waals surface area contributed by atoms with Crippen molar-refractivity contribution < 1.29 is 4.79 Å². The number of carbonyl (C=O) groups is 1. The molecule has 0 aliphatic heterocycles. The molecule has 0 heterocycles. The minimum Gasteiger partial charge on any atom is -0.355 e. The van der Waals surface area contributed by atoms with Crippen LogP contribution in [0.3, 0.4) is 0 Å². The van der Waals surface area contributed by atoms with Gasteiger partial charge in [-0.25, -0.2) is 0 Å². The smallest absolute Gasteiger partial charge is 0.216 e. The molecule has 0 aromatic heterocycles. The molecule has 2 aromatic rings. The van der Waals surface area contributed by atoms with E-state index in [0.717, 1.165) is 12.0 Å². The molecule has 0 aliphatic carbocycles. The van der Waals surface area contributed by atoms with Crippen molar-refractivity contribution in [3.8, 4) is 11.8 Å². The Hall–Kier alpha value is -2.53. The van der Waals surface area contributed by atoms with Gasteiger partial charge in [0.15, 0.2) is 0 Å². The number of amides is 1. The van der Waals surface area contributed by atoms with Crippen molar-refractivity contribution in [2.24, 2.45) is 0 Å². The summed E-state index contributed by atoms with van der Waals surface area (Å²) in [5, 5.41) is 2.73. The van der Waals surface area contributed by atoms with Crippen molar-refractivity contribution in [1.82, 2.24) is 5.32 Å². The van der Waals surface area contributed by atoms with Crippen LogP contribution in [-0.2, 0) is 11.2 Å². The molecule has 2 heteroatoms. The van der Waals surface area contributed by atoms with Crippen LogP contribution >= 0.6 is 0 Å². The van der Waals surface area contributed by atoms with Gasteiger partial charge in [-0.1, -0.05) is 54.3 Å². The van der Waals surface area contributed by atoms with E-state index in [9.17, 15) is 4.79 Å². The van der Waals surface area contributed by atoms with E-state index < -0.39 is 0 Å². The van der Waals surface area contributed by atoms with Crippen LogP contribution in [0.2, 0.25) is 0 Å². The molecule has 1 amide bonds. The number of hydrogen-bond acceptors (Lipinski definition) is 1. The lowest BCUT2D eigenvalue weighted by Gasteiger charge is -2.01. The van der Waals surface area contributed by atoms with Crippen molar-refractivity contribution in [3.63, 3.8) is 0 Å². The highest BCUT2D eigenvalue weighted by Crippen LogP contribution is 2.10. The number of rotatable bonds is 4. The minimum absolute atomic E-state index is 0.0120. The molecule has 0 radical (unpaired) electrons. The van der Waals surface area contributed by atoms with Crippen molar-refractivity contribution in [3.05, 3.63) is 71.3 Å². The fraction of sp³-hybridized carbons (Fsp3) is 0.211. The molecule has 2 aromatic carbocycles. The van der Waals surface area contributed by atoms with E-state index in [2.05, 4.69) is 53.6 Å². The Balaban J connectivity index is 1.87. The third kappa shape index (κ3) is 5.54. The van der Waals surface area contributed by atoms with Gasteiger partial charge in [0.1, 0.15) is 0 Å². The summed E-state index contributed by atoms with van der Waals surface area (Å²) in [6.07, 6.45) is 1.61. The van der Waals surface area contributed by atoms with Gasteiger partial charge in [0.2, 0.25) is 5.91 Å². The van der Waals surface area contributed by atoms with Gasteiger partial charge in [0, 0.05) is 25.5 Å². The Labute approximate surface area is 126 Å². The third-order valence-corrected chi connectivity index (χ3v) is 3.06. The molecule has 0 atom stereocenters. The van der Waals surface area contributed by atoms with Crippen molar-refractivity contribution >= 4 is 5.91 Å². The lowest BCUT2D eigenvalue weighted by atomic mass is 10.0. The first-order valence-electron chi connectivity index (χ1n) is 7.10. The van der Waals surface area contributed by atoms with Gasteiger partial charge in [-0.15, -0.1) is 0 Å². The molecule has 2 rings (SSSR count). The van der Waals surface area contributed by atoms with Gasteiger partial charge in [0.05, 0.1) is 0 Å². The lowest BCUT2D eigenvalue weighted by molar-refractivity contribution is -0.118. The molecule has 0 saturated carbocycles. The van der Waals surface area contributed by atoms with Gasteiger partial charge in [-0.2, -0.15) is 0 Å². The number of benzene rings is 2. The second-order valence-corrected chi connectivity index (χ2v) is 4.89. The SMILES string of the molecule is CC(=O)NCCC#Cc1ccc(Cc2ccccc2)cc1. The molecule has 2 nitrogen and oxygen atoms in total. The summed E-state index contributed by atoms with van der Waals surface area (Å²) in [7, 11) is 0. The Kier molecular flexibility index (Phi) is 5.60. The van der Waals surface area contributed by atoms with E-state index in [1.54, 1.807) is 0 Å². The molecule has 0 aliphatic rings. The second-order valence-electron chi connectivity index (χ2n) is 4.89. The normalized spacial score (nSPS) is 9.57. The van der Waals surface area contributed by atoms with Gasteiger partial charge >= 0.3 is 0 Å². The zero-order chi connectivity index (χ0) is 14.9. The fourth-order valence-corrected chi connectivity index (χ4v) is 2.00. The maximum absolute atomic E-state index is 10.7. The molecule has 0 fully saturated rings. The molecule has 0 bridgehead atoms. The van der Waals surface area contributed by atoms with Crippen LogP contribution in [0.5, 0.6) is 0 Å². The summed E-state index contributed by atoms with van der Waals surface area (Å²) >= 11 is 0. The fourth-order valence-electron chi connectivity index (χ4n) is 2.00. The summed E-state index contributed by atoms with van der Waals surface area (Å²) in [4.78, 5) is 10.7. The van der Waals surface area contributed by atoms with E-state index in [1.165, 1.54) is 18.1 Å². The number of nitrogens with one attached hydrogen (secondary N) is 1. The molecule has 0 unspecified atom stereocenters. The van der Waals surface area contributed by atoms with E-state index in [-0.39, 0.29) is 5.91 Å². The zero-order valence-electron chi connectivity index (χ0n) is 12.2. The topological polar surface area (TPSA) is 29.1 Å². The van der Waals surface area contributed by atoms with Gasteiger partial charge in [-0.05, 0) is 29.7 Å². The maximum Gasteiger partial charge on any atom is 0.216 e. The summed E-state index contributed by atoms with van der Waals surface area (Å²) in [5.74, 6) is 6.16. The molecule has 1 N–H and O–H groups in total. The molecular weight excluding hydrogens is 258 g/mol. The highest BCUT2D eigenvalue weighted by atomic mass is 16.1. The number of carbonyl (C=O) groups excluding carboxylic acids is 1. The largest absolute Gasteiger partial charge is 0.355 e. The van der Waals surface area contributed by atoms with Crippen LogP contribution in [0.25, 0.3) is 0 Å². The minimum atomic E-state index is -0.0120. The monoisotopic (exact) mass is 277 g/mol. The van der Waals surface area contributed by atoms with Crippen molar-refractivity contribution in [2.45, 2.75) is 19.8 Å². The van der Waals surface area contributed by atoms with E-state index in [4.69, 9.17) is 0 Å². The Bertz CT molecular complexity index is 633. The summed E-state index contributed by atoms with van der Waals surface area (Å²) in [5.41, 5.74) is 3.60. The molecule has 0 saturated heterocycles. The Morgan fingerprint density at radius 1 is 1.00 bits per heavy atom. The second kappa shape index (κ2) is 7.91. The standard InChI is InChI=1S/C19H19NO/c1-16(21)20-14-6-5-7-17-10-12-19(13-11-17)15-18-8-3-2-4-9-18/h2-4,8-13H,6,14-15H2,1H3,(H,20,21). The van der Waals surface area contributed by atoms with Crippen molar-refractivity contribution in [2.75, 3.05) is 6.54 Å².